The summed E-state index contributed by atoms with van der Waals surface area (Å²) in [6.07, 6.45) is 0. The predicted octanol–water partition coefficient (Wildman–Crippen LogP) is 2.47. The molecule has 0 aliphatic heterocycles. The van der Waals surface area contributed by atoms with Gasteiger partial charge in [0.15, 0.2) is 0 Å². The van der Waals surface area contributed by atoms with Crippen LogP contribution in [0.25, 0.3) is 0 Å². The molecule has 0 fully saturated rings. The van der Waals surface area contributed by atoms with E-state index in [1.54, 1.807) is 24.3 Å². The van der Waals surface area contributed by atoms with Crippen molar-refractivity contribution in [2.75, 3.05) is 0 Å². The van der Waals surface area contributed by atoms with E-state index in [0.29, 0.717) is 5.56 Å². The summed E-state index contributed by atoms with van der Waals surface area (Å²) in [6.45, 7) is 0.105. The lowest BCUT2D eigenvalue weighted by Crippen LogP contribution is -2.23. The van der Waals surface area contributed by atoms with E-state index in [1.165, 1.54) is 24.3 Å². The molecule has 0 spiro atoms. The van der Waals surface area contributed by atoms with Crippen LogP contribution in [0.1, 0.15) is 15.9 Å². The Morgan fingerprint density at radius 3 is 2.14 bits per heavy atom. The summed E-state index contributed by atoms with van der Waals surface area (Å²) in [7, 11) is -3.57. The van der Waals surface area contributed by atoms with Gasteiger partial charge in [-0.25, -0.2) is 17.9 Å². The Labute approximate surface area is 136 Å². The van der Waals surface area contributed by atoms with E-state index in [1.807, 2.05) is 0 Å². The van der Waals surface area contributed by atoms with E-state index < -0.39 is 16.0 Å². The molecule has 0 aromatic heterocycles. The number of carboxylic acid groups (broad SMARTS) is 1. The van der Waals surface area contributed by atoms with Crippen molar-refractivity contribution in [1.29, 1.82) is 0 Å². The molecule has 110 valence electrons. The number of carbonyl (C=O) groups is 1. The largest absolute Gasteiger partial charge is 0.478 e. The van der Waals surface area contributed by atoms with Crippen molar-refractivity contribution < 1.29 is 18.3 Å². The molecular weight excluding hydrogens is 405 g/mol. The molecule has 0 radical (unpaired) electrons. The number of aromatic carboxylic acids is 1. The van der Waals surface area contributed by atoms with E-state index in [2.05, 4.69) is 27.3 Å². The zero-order valence-electron chi connectivity index (χ0n) is 10.8. The quantitative estimate of drug-likeness (QED) is 0.733. The maximum absolute atomic E-state index is 12.1. The Hall–Kier alpha value is -1.45. The molecular formula is C14H12INO4S. The standard InChI is InChI=1S/C14H12INO4S/c15-12-5-7-13(8-6-12)21(19,20)16-9-10-1-3-11(4-2-10)14(17)18/h1-8,16H,9H2,(H,17,18). The Kier molecular flexibility index (Phi) is 4.96. The van der Waals surface area contributed by atoms with Gasteiger partial charge >= 0.3 is 5.97 Å². The fraction of sp³-hybridized carbons (Fsp3) is 0.0714. The van der Waals surface area contributed by atoms with Crippen LogP contribution in [-0.4, -0.2) is 19.5 Å². The van der Waals surface area contributed by atoms with Crippen LogP contribution in [-0.2, 0) is 16.6 Å². The summed E-state index contributed by atoms with van der Waals surface area (Å²) in [6, 6.07) is 12.6. The second kappa shape index (κ2) is 6.54. The number of benzene rings is 2. The van der Waals surface area contributed by atoms with Crippen LogP contribution < -0.4 is 4.72 Å². The second-order valence-electron chi connectivity index (χ2n) is 4.28. The lowest BCUT2D eigenvalue weighted by molar-refractivity contribution is 0.0697. The Bertz CT molecular complexity index is 740. The second-order valence-corrected chi connectivity index (χ2v) is 7.29. The Balaban J connectivity index is 2.08. The highest BCUT2D eigenvalue weighted by molar-refractivity contribution is 14.1. The number of hydrogen-bond donors (Lipinski definition) is 2. The summed E-state index contributed by atoms with van der Waals surface area (Å²) in [5.41, 5.74) is 0.855. The number of rotatable bonds is 5. The molecule has 0 bridgehead atoms. The van der Waals surface area contributed by atoms with Crippen LogP contribution >= 0.6 is 22.6 Å². The Morgan fingerprint density at radius 2 is 1.62 bits per heavy atom. The van der Waals surface area contributed by atoms with Crippen molar-refractivity contribution in [2.24, 2.45) is 0 Å². The first-order valence-corrected chi connectivity index (χ1v) is 8.52. The fourth-order valence-corrected chi connectivity index (χ4v) is 3.02. The maximum Gasteiger partial charge on any atom is 0.335 e. The SMILES string of the molecule is O=C(O)c1ccc(CNS(=O)(=O)c2ccc(I)cc2)cc1. The van der Waals surface area contributed by atoms with Gasteiger partial charge < -0.3 is 5.11 Å². The summed E-state index contributed by atoms with van der Waals surface area (Å²) in [4.78, 5) is 10.9. The highest BCUT2D eigenvalue weighted by Crippen LogP contribution is 2.13. The first kappa shape index (κ1) is 15.9. The highest BCUT2D eigenvalue weighted by Gasteiger charge is 2.13. The summed E-state index contributed by atoms with van der Waals surface area (Å²) in [5.74, 6) is -1.01. The van der Waals surface area contributed by atoms with E-state index in [4.69, 9.17) is 5.11 Å². The van der Waals surface area contributed by atoms with Gasteiger partial charge in [0.1, 0.15) is 0 Å². The molecule has 2 rings (SSSR count). The molecule has 0 aliphatic carbocycles. The number of carboxylic acids is 1. The first-order chi connectivity index (χ1) is 9.88. The van der Waals surface area contributed by atoms with Gasteiger partial charge in [0, 0.05) is 10.1 Å². The molecule has 0 atom stereocenters. The molecule has 0 saturated heterocycles. The third-order valence-electron chi connectivity index (χ3n) is 2.79. The lowest BCUT2D eigenvalue weighted by atomic mass is 10.1. The maximum atomic E-state index is 12.1. The molecule has 21 heavy (non-hydrogen) atoms. The number of nitrogens with one attached hydrogen (secondary N) is 1. The van der Waals surface area contributed by atoms with Crippen LogP contribution in [0.5, 0.6) is 0 Å². The van der Waals surface area contributed by atoms with Crippen LogP contribution in [0.15, 0.2) is 53.4 Å². The van der Waals surface area contributed by atoms with Gasteiger partial charge in [-0.1, -0.05) is 12.1 Å². The van der Waals surface area contributed by atoms with Crippen LogP contribution in [0.2, 0.25) is 0 Å². The molecule has 0 unspecified atom stereocenters. The number of halogens is 1. The van der Waals surface area contributed by atoms with Crippen LogP contribution in [0.4, 0.5) is 0 Å². The summed E-state index contributed by atoms with van der Waals surface area (Å²) >= 11 is 2.10. The molecule has 0 heterocycles. The predicted molar refractivity (Wildman–Crippen MR) is 86.6 cm³/mol. The zero-order chi connectivity index (χ0) is 15.5. The van der Waals surface area contributed by atoms with Crippen LogP contribution in [0, 0.1) is 3.57 Å². The minimum Gasteiger partial charge on any atom is -0.478 e. The van der Waals surface area contributed by atoms with E-state index in [0.717, 1.165) is 3.57 Å². The molecule has 2 aromatic carbocycles. The minimum absolute atomic E-state index is 0.105. The van der Waals surface area contributed by atoms with Gasteiger partial charge in [-0.3, -0.25) is 0 Å². The number of hydrogen-bond acceptors (Lipinski definition) is 3. The summed E-state index contributed by atoms with van der Waals surface area (Å²) < 4.78 is 27.6. The normalized spacial score (nSPS) is 11.3. The smallest absolute Gasteiger partial charge is 0.335 e. The molecule has 0 amide bonds. The van der Waals surface area contributed by atoms with Gasteiger partial charge in [0.2, 0.25) is 10.0 Å². The highest BCUT2D eigenvalue weighted by atomic mass is 127. The molecule has 0 aliphatic rings. The van der Waals surface area contributed by atoms with Crippen LogP contribution in [0.3, 0.4) is 0 Å². The van der Waals surface area contributed by atoms with Crippen molar-refractivity contribution in [3.05, 3.63) is 63.2 Å². The molecule has 0 saturated carbocycles. The van der Waals surface area contributed by atoms with Crippen molar-refractivity contribution in [3.8, 4) is 0 Å². The molecule has 2 N–H and O–H groups in total. The molecule has 2 aromatic rings. The van der Waals surface area contributed by atoms with Crippen molar-refractivity contribution in [1.82, 2.24) is 4.72 Å². The molecule has 7 heteroatoms. The minimum atomic E-state index is -3.57. The zero-order valence-corrected chi connectivity index (χ0v) is 13.8. The Morgan fingerprint density at radius 1 is 1.05 bits per heavy atom. The average molecular weight is 417 g/mol. The summed E-state index contributed by atoms with van der Waals surface area (Å²) in [5, 5.41) is 8.79. The average Bonchev–Trinajstić information content (AvgIpc) is 2.46. The third-order valence-corrected chi connectivity index (χ3v) is 4.93. The lowest BCUT2D eigenvalue weighted by Gasteiger charge is -2.07. The topological polar surface area (TPSA) is 83.5 Å². The van der Waals surface area contributed by atoms with E-state index in [9.17, 15) is 13.2 Å². The van der Waals surface area contributed by atoms with Gasteiger partial charge in [0.05, 0.1) is 10.5 Å². The van der Waals surface area contributed by atoms with Crippen molar-refractivity contribution in [3.63, 3.8) is 0 Å². The van der Waals surface area contributed by atoms with Crippen molar-refractivity contribution >= 4 is 38.6 Å². The van der Waals surface area contributed by atoms with Gasteiger partial charge in [-0.05, 0) is 64.6 Å². The monoisotopic (exact) mass is 417 g/mol. The first-order valence-electron chi connectivity index (χ1n) is 5.96. The van der Waals surface area contributed by atoms with Gasteiger partial charge in [-0.2, -0.15) is 0 Å². The number of sulfonamides is 1. The molecule has 5 nitrogen and oxygen atoms in total. The van der Waals surface area contributed by atoms with E-state index in [-0.39, 0.29) is 17.0 Å². The van der Waals surface area contributed by atoms with Crippen molar-refractivity contribution in [2.45, 2.75) is 11.4 Å². The van der Waals surface area contributed by atoms with Gasteiger partial charge in [-0.15, -0.1) is 0 Å². The fourth-order valence-electron chi connectivity index (χ4n) is 1.64. The third kappa shape index (κ3) is 4.26. The van der Waals surface area contributed by atoms with Gasteiger partial charge in [0.25, 0.3) is 0 Å². The van der Waals surface area contributed by atoms with E-state index >= 15 is 0 Å².